The van der Waals surface area contributed by atoms with Crippen LogP contribution in [0.25, 0.3) is 42.1 Å². The maximum atomic E-state index is 7.19. The molecule has 2 aromatic heterocycles. The molecule has 0 saturated heterocycles. The topological polar surface area (TPSA) is 22.9 Å². The minimum absolute atomic E-state index is 0.00970. The first kappa shape index (κ1) is 47.3. The number of rotatable bonds is 3. The molecule has 2 atom stereocenters. The lowest BCUT2D eigenvalue weighted by atomic mass is 9.33. The first-order valence-electron chi connectivity index (χ1n) is 29.3. The summed E-state index contributed by atoms with van der Waals surface area (Å²) in [4.78, 5) is 8.28. The number of hydrogen-bond donors (Lipinski definition) is 0. The summed E-state index contributed by atoms with van der Waals surface area (Å²) in [6, 6.07) is 57.3. The predicted octanol–water partition coefficient (Wildman–Crippen LogP) is 18.5. The molecular formula is C72H70BN3OS. The molecule has 2 unspecified atom stereocenters. The average Bonchev–Trinajstić information content (AvgIpc) is 3.20. The van der Waals surface area contributed by atoms with Crippen molar-refractivity contribution in [1.82, 2.24) is 0 Å². The van der Waals surface area contributed by atoms with Gasteiger partial charge in [-0.3, -0.25) is 0 Å². The molecule has 3 aliphatic heterocycles. The standard InChI is InChI=1S/C72H70BN3OS/c1-67(2)34-35-68(3,4)51-38-43(28-30-49(51)67)74-58-42-53-52(69(5,6)36-37-70(53,7)8)41-55(58)73-54-31-29-48-46-21-12-16-27-62(46)78-66(48)64(54)75(57-25-19-22-47-45-20-11-15-26-61(45)77-65(47)57)60-40-44(39-59(74)63(60)73)76-56-24-14-13-23-50(56)71(9)32-17-18-33-72(71,76)10/h11-16,19-31,38-42H,17-18,32-37H2,1-10H3. The molecule has 6 heteroatoms. The van der Waals surface area contributed by atoms with Gasteiger partial charge >= 0.3 is 0 Å². The SMILES string of the molecule is CC1(C)CCC(C)(C)c2cc(N3c4cc5c(cc4B4c6ccc7c(sc8ccccc87)c6N(c6cccc7c6oc6ccccc67)c6cc(N7c8ccccc8C8(C)CCCCC78C)cc3c64)C(C)(C)CCC5(C)C)ccc21. The first-order valence-corrected chi connectivity index (χ1v) is 30.1. The van der Waals surface area contributed by atoms with E-state index in [2.05, 4.69) is 230 Å². The molecule has 5 heterocycles. The Kier molecular flexibility index (Phi) is 9.41. The Bertz CT molecular complexity index is 4270. The lowest BCUT2D eigenvalue weighted by molar-refractivity contribution is 0.195. The molecule has 0 radical (unpaired) electrons. The van der Waals surface area contributed by atoms with Crippen molar-refractivity contribution in [3.63, 3.8) is 0 Å². The Labute approximate surface area is 465 Å². The van der Waals surface area contributed by atoms with Crippen LogP contribution in [0.2, 0.25) is 0 Å². The van der Waals surface area contributed by atoms with Crippen LogP contribution in [0.3, 0.4) is 0 Å². The number of fused-ring (bicyclic) bond motifs is 16. The quantitative estimate of drug-likeness (QED) is 0.165. The summed E-state index contributed by atoms with van der Waals surface area (Å²) in [6.07, 6.45) is 9.41. The van der Waals surface area contributed by atoms with E-state index in [9.17, 15) is 0 Å². The number of furan rings is 1. The average molecular weight is 1040 g/mol. The molecular weight excluding hydrogens is 966 g/mol. The molecule has 10 aromatic rings. The Morgan fingerprint density at radius 3 is 1.85 bits per heavy atom. The van der Waals surface area contributed by atoms with Gasteiger partial charge in [0.25, 0.3) is 6.71 Å². The highest BCUT2D eigenvalue weighted by Gasteiger charge is 2.58. The van der Waals surface area contributed by atoms with Gasteiger partial charge in [-0.15, -0.1) is 11.3 Å². The first-order chi connectivity index (χ1) is 37.4. The fraction of sp³-hybridized carbons (Fsp3) is 0.333. The highest BCUT2D eigenvalue weighted by Crippen LogP contribution is 2.63. The number of nitrogens with zero attached hydrogens (tertiary/aromatic N) is 3. The molecule has 0 bridgehead atoms. The van der Waals surface area contributed by atoms with Crippen LogP contribution in [0.15, 0.2) is 150 Å². The van der Waals surface area contributed by atoms with Gasteiger partial charge in [0, 0.05) is 65.8 Å². The number of hydrogen-bond acceptors (Lipinski definition) is 5. The molecule has 0 spiro atoms. The van der Waals surface area contributed by atoms with Gasteiger partial charge < -0.3 is 19.1 Å². The molecule has 1 saturated carbocycles. The maximum Gasteiger partial charge on any atom is 0.252 e. The zero-order valence-corrected chi connectivity index (χ0v) is 48.1. The molecule has 8 aromatic carbocycles. The minimum Gasteiger partial charge on any atom is -0.454 e. The van der Waals surface area contributed by atoms with Crippen molar-refractivity contribution in [1.29, 1.82) is 0 Å². The van der Waals surface area contributed by atoms with Crippen LogP contribution in [0.4, 0.5) is 45.5 Å². The molecule has 0 amide bonds. The number of thiophene rings is 1. The van der Waals surface area contributed by atoms with Crippen LogP contribution in [0.1, 0.15) is 148 Å². The monoisotopic (exact) mass is 1040 g/mol. The summed E-state index contributed by atoms with van der Waals surface area (Å²) in [5.74, 6) is 0. The van der Waals surface area contributed by atoms with Crippen molar-refractivity contribution in [3.8, 4) is 0 Å². The normalized spacial score (nSPS) is 22.7. The van der Waals surface area contributed by atoms with E-state index in [1.807, 2.05) is 11.3 Å². The van der Waals surface area contributed by atoms with Gasteiger partial charge in [-0.2, -0.15) is 0 Å². The Morgan fingerprint density at radius 1 is 0.436 bits per heavy atom. The van der Waals surface area contributed by atoms with Gasteiger partial charge in [0.1, 0.15) is 5.58 Å². The van der Waals surface area contributed by atoms with Gasteiger partial charge in [-0.1, -0.05) is 166 Å². The van der Waals surface area contributed by atoms with E-state index in [0.29, 0.717) is 0 Å². The maximum absolute atomic E-state index is 7.19. The zero-order valence-electron chi connectivity index (χ0n) is 47.2. The zero-order chi connectivity index (χ0) is 53.2. The van der Waals surface area contributed by atoms with Crippen LogP contribution in [0.5, 0.6) is 0 Å². The summed E-state index contributed by atoms with van der Waals surface area (Å²) < 4.78 is 9.83. The van der Waals surface area contributed by atoms with E-state index >= 15 is 0 Å². The molecule has 388 valence electrons. The lowest BCUT2D eigenvalue weighted by Gasteiger charge is -2.51. The highest BCUT2D eigenvalue weighted by molar-refractivity contribution is 7.26. The van der Waals surface area contributed by atoms with E-state index in [-0.39, 0.29) is 39.3 Å². The minimum atomic E-state index is -0.155. The summed E-state index contributed by atoms with van der Waals surface area (Å²) in [5, 5.41) is 4.91. The molecule has 16 rings (SSSR count). The highest BCUT2D eigenvalue weighted by atomic mass is 32.1. The van der Waals surface area contributed by atoms with Gasteiger partial charge in [-0.05, 0) is 166 Å². The Balaban J connectivity index is 1.09. The van der Waals surface area contributed by atoms with Crippen LogP contribution in [-0.4, -0.2) is 12.3 Å². The van der Waals surface area contributed by atoms with E-state index < -0.39 is 0 Å². The smallest absolute Gasteiger partial charge is 0.252 e. The number of benzene rings is 8. The van der Waals surface area contributed by atoms with E-state index in [4.69, 9.17) is 4.42 Å². The van der Waals surface area contributed by atoms with Crippen LogP contribution < -0.4 is 31.1 Å². The van der Waals surface area contributed by atoms with E-state index in [1.54, 1.807) is 0 Å². The lowest BCUT2D eigenvalue weighted by Crippen LogP contribution is -2.62. The van der Waals surface area contributed by atoms with Crippen LogP contribution >= 0.6 is 11.3 Å². The second-order valence-electron chi connectivity index (χ2n) is 27.6. The predicted molar refractivity (Wildman–Crippen MR) is 334 cm³/mol. The van der Waals surface area contributed by atoms with Crippen LogP contribution in [0, 0.1) is 0 Å². The van der Waals surface area contributed by atoms with E-state index in [0.717, 1.165) is 53.3 Å². The third kappa shape index (κ3) is 6.08. The molecule has 0 N–H and O–H groups in total. The van der Waals surface area contributed by atoms with Gasteiger partial charge in [-0.25, -0.2) is 0 Å². The molecule has 6 aliphatic rings. The second kappa shape index (κ2) is 15.5. The number of anilines is 8. The van der Waals surface area contributed by atoms with Crippen molar-refractivity contribution in [3.05, 3.63) is 173 Å². The van der Waals surface area contributed by atoms with Crippen molar-refractivity contribution >= 4 is 122 Å². The Morgan fingerprint density at radius 2 is 1.06 bits per heavy atom. The van der Waals surface area contributed by atoms with Gasteiger partial charge in [0.05, 0.1) is 21.6 Å². The summed E-state index contributed by atoms with van der Waals surface area (Å²) in [6.45, 7) is 25.1. The van der Waals surface area contributed by atoms with Crippen molar-refractivity contribution in [2.75, 3.05) is 14.7 Å². The molecule has 1 fully saturated rings. The van der Waals surface area contributed by atoms with Gasteiger partial charge in [0.15, 0.2) is 5.58 Å². The van der Waals surface area contributed by atoms with Gasteiger partial charge in [0.2, 0.25) is 0 Å². The Hall–Kier alpha value is -6.76. The third-order valence-electron chi connectivity index (χ3n) is 21.5. The van der Waals surface area contributed by atoms with Crippen molar-refractivity contribution in [2.45, 2.75) is 153 Å². The number of para-hydroxylation sites is 3. The third-order valence-corrected chi connectivity index (χ3v) is 22.7. The summed E-state index contributed by atoms with van der Waals surface area (Å²) in [5.41, 5.74) is 23.4. The molecule has 3 aliphatic carbocycles. The molecule has 4 nitrogen and oxygen atoms in total. The van der Waals surface area contributed by atoms with Crippen molar-refractivity contribution in [2.24, 2.45) is 0 Å². The summed E-state index contributed by atoms with van der Waals surface area (Å²) in [7, 11) is 0. The van der Waals surface area contributed by atoms with Crippen LogP contribution in [-0.2, 0) is 27.1 Å². The fourth-order valence-electron chi connectivity index (χ4n) is 16.7. The van der Waals surface area contributed by atoms with Crippen molar-refractivity contribution < 1.29 is 4.42 Å². The van der Waals surface area contributed by atoms with E-state index in [1.165, 1.54) is 130 Å². The fourth-order valence-corrected chi connectivity index (χ4v) is 17.9. The second-order valence-corrected chi connectivity index (χ2v) is 28.7. The largest absolute Gasteiger partial charge is 0.454 e. The summed E-state index contributed by atoms with van der Waals surface area (Å²) >= 11 is 1.95. The molecule has 78 heavy (non-hydrogen) atoms.